The van der Waals surface area contributed by atoms with Crippen LogP contribution >= 0.6 is 0 Å². The molecule has 4 fully saturated rings. The molecule has 0 aromatic rings. The number of aliphatic hydroxyl groups excluding tert-OH is 10. The van der Waals surface area contributed by atoms with Gasteiger partial charge in [0.05, 0.1) is 37.1 Å². The highest BCUT2D eigenvalue weighted by Crippen LogP contribution is 2.65. The van der Waals surface area contributed by atoms with E-state index >= 15 is 0 Å². The number of hydrogen-bond donors (Lipinski definition) is 11. The maximum Gasteiger partial charge on any atom is 0.187 e. The first-order chi connectivity index (χ1) is 26.4. The summed E-state index contributed by atoms with van der Waals surface area (Å²) in [6, 6.07) is 0. The lowest BCUT2D eigenvalue weighted by Crippen LogP contribution is -2.61. The molecule has 4 aliphatic carbocycles. The fourth-order valence-electron chi connectivity index (χ4n) is 11.5. The number of rotatable bonds is 13. The Balaban J connectivity index is 1.13. The lowest BCUT2D eigenvalue weighted by Gasteiger charge is -2.54. The van der Waals surface area contributed by atoms with E-state index in [1.807, 2.05) is 13.8 Å². The number of aliphatic hydroxyl groups is 11. The van der Waals surface area contributed by atoms with Gasteiger partial charge in [-0.2, -0.15) is 0 Å². The Bertz CT molecular complexity index is 1410. The zero-order valence-electron chi connectivity index (χ0n) is 33.4. The van der Waals surface area contributed by atoms with Gasteiger partial charge in [-0.3, -0.25) is 0 Å². The lowest BCUT2D eigenvalue weighted by atomic mass is 9.51. The summed E-state index contributed by atoms with van der Waals surface area (Å²) in [4.78, 5) is 0. The summed E-state index contributed by atoms with van der Waals surface area (Å²) in [5, 5.41) is 116. The van der Waals surface area contributed by atoms with Crippen molar-refractivity contribution in [2.24, 2.45) is 40.4 Å². The van der Waals surface area contributed by atoms with Crippen LogP contribution < -0.4 is 0 Å². The van der Waals surface area contributed by atoms with Gasteiger partial charge in [-0.25, -0.2) is 0 Å². The van der Waals surface area contributed by atoms with Gasteiger partial charge in [-0.1, -0.05) is 39.8 Å². The second-order valence-corrected chi connectivity index (χ2v) is 18.6. The molecule has 0 amide bonds. The summed E-state index contributed by atoms with van der Waals surface area (Å²) in [5.74, 6) is -0.643. The first kappa shape index (κ1) is 44.4. The molecule has 15 heteroatoms. The van der Waals surface area contributed by atoms with Crippen molar-refractivity contribution in [2.75, 3.05) is 19.8 Å². The zero-order chi connectivity index (χ0) is 41.1. The maximum atomic E-state index is 12.1. The largest absolute Gasteiger partial charge is 0.396 e. The summed E-state index contributed by atoms with van der Waals surface area (Å²) in [6.07, 6.45) is -6.32. The van der Waals surface area contributed by atoms with E-state index in [0.29, 0.717) is 32.1 Å². The van der Waals surface area contributed by atoms with Gasteiger partial charge in [0.15, 0.2) is 12.6 Å². The molecule has 11 N–H and O–H groups in total. The zero-order valence-corrected chi connectivity index (χ0v) is 33.4. The molecule has 2 aliphatic heterocycles. The Kier molecular flexibility index (Phi) is 13.6. The average Bonchev–Trinajstić information content (AvgIpc) is 3.44. The monoisotopic (exact) mass is 800 g/mol. The molecule has 0 aromatic carbocycles. The molecule has 322 valence electrons. The summed E-state index contributed by atoms with van der Waals surface area (Å²) in [6.45, 7) is 8.51. The maximum absolute atomic E-state index is 12.1. The van der Waals surface area contributed by atoms with Crippen molar-refractivity contribution in [1.82, 2.24) is 0 Å². The molecule has 56 heavy (non-hydrogen) atoms. The lowest BCUT2D eigenvalue weighted by molar-refractivity contribution is -0.324. The van der Waals surface area contributed by atoms with E-state index in [2.05, 4.69) is 26.0 Å². The molecule has 0 radical (unpaired) electrons. The summed E-state index contributed by atoms with van der Waals surface area (Å²) in [7, 11) is 0. The number of ether oxygens (including phenoxy) is 4. The van der Waals surface area contributed by atoms with Crippen molar-refractivity contribution in [3.8, 4) is 0 Å². The number of allylic oxidation sites excluding steroid dienone is 4. The minimum absolute atomic E-state index is 0.0647. The molecule has 20 atom stereocenters. The Morgan fingerprint density at radius 1 is 0.821 bits per heavy atom. The summed E-state index contributed by atoms with van der Waals surface area (Å²) < 4.78 is 23.4. The Hall–Kier alpha value is -1.12. The second-order valence-electron chi connectivity index (χ2n) is 18.6. The molecule has 0 unspecified atom stereocenters. The second kappa shape index (κ2) is 17.1. The molecule has 6 aliphatic rings. The third-order valence-corrected chi connectivity index (χ3v) is 15.3. The van der Waals surface area contributed by atoms with Crippen LogP contribution in [0.2, 0.25) is 0 Å². The van der Waals surface area contributed by atoms with Gasteiger partial charge in [0.2, 0.25) is 0 Å². The molecule has 2 saturated carbocycles. The first-order valence-electron chi connectivity index (χ1n) is 20.7. The van der Waals surface area contributed by atoms with Gasteiger partial charge in [0.25, 0.3) is 0 Å². The highest BCUT2D eigenvalue weighted by atomic mass is 16.7. The Morgan fingerprint density at radius 3 is 2.02 bits per heavy atom. The summed E-state index contributed by atoms with van der Waals surface area (Å²) >= 11 is 0. The van der Waals surface area contributed by atoms with E-state index in [9.17, 15) is 56.2 Å². The minimum atomic E-state index is -1.62. The number of hydrogen-bond acceptors (Lipinski definition) is 15. The van der Waals surface area contributed by atoms with Crippen LogP contribution in [0.15, 0.2) is 23.3 Å². The molecular formula is C41H68O15. The van der Waals surface area contributed by atoms with Crippen molar-refractivity contribution in [2.45, 2.75) is 171 Å². The van der Waals surface area contributed by atoms with Crippen LogP contribution in [-0.2, 0) is 18.9 Å². The molecule has 0 aromatic heterocycles. The highest BCUT2D eigenvalue weighted by Gasteiger charge is 2.59. The van der Waals surface area contributed by atoms with Crippen molar-refractivity contribution >= 4 is 0 Å². The predicted octanol–water partition coefficient (Wildman–Crippen LogP) is -0.378. The van der Waals surface area contributed by atoms with Crippen molar-refractivity contribution in [3.63, 3.8) is 0 Å². The van der Waals surface area contributed by atoms with Gasteiger partial charge in [0, 0.05) is 6.61 Å². The van der Waals surface area contributed by atoms with Crippen LogP contribution in [-0.4, -0.2) is 161 Å². The van der Waals surface area contributed by atoms with E-state index < -0.39 is 92.4 Å². The van der Waals surface area contributed by atoms with Crippen LogP contribution in [0.3, 0.4) is 0 Å². The molecule has 0 spiro atoms. The molecule has 0 bridgehead atoms. The number of fused-ring (bicyclic) bond motifs is 5. The van der Waals surface area contributed by atoms with Crippen LogP contribution in [0.5, 0.6) is 0 Å². The van der Waals surface area contributed by atoms with Crippen molar-refractivity contribution in [1.29, 1.82) is 0 Å². The van der Waals surface area contributed by atoms with Gasteiger partial charge in [-0.05, 0) is 110 Å². The predicted molar refractivity (Wildman–Crippen MR) is 199 cm³/mol. The van der Waals surface area contributed by atoms with E-state index in [-0.39, 0.29) is 59.6 Å². The molecule has 6 rings (SSSR count). The normalized spacial score (nSPS) is 47.6. The molecule has 2 saturated heterocycles. The van der Waals surface area contributed by atoms with E-state index in [1.165, 1.54) is 11.1 Å². The topological polar surface area (TPSA) is 259 Å². The van der Waals surface area contributed by atoms with E-state index in [4.69, 9.17) is 18.9 Å². The van der Waals surface area contributed by atoms with E-state index in [1.54, 1.807) is 6.92 Å². The van der Waals surface area contributed by atoms with Crippen LogP contribution in [0.4, 0.5) is 0 Å². The minimum Gasteiger partial charge on any atom is -0.396 e. The fourth-order valence-corrected chi connectivity index (χ4v) is 11.5. The van der Waals surface area contributed by atoms with Crippen LogP contribution in [0, 0.1) is 40.4 Å². The van der Waals surface area contributed by atoms with Crippen LogP contribution in [0.25, 0.3) is 0 Å². The third-order valence-electron chi connectivity index (χ3n) is 15.3. The third kappa shape index (κ3) is 7.71. The van der Waals surface area contributed by atoms with Gasteiger partial charge >= 0.3 is 0 Å². The molecule has 15 nitrogen and oxygen atoms in total. The van der Waals surface area contributed by atoms with E-state index in [0.717, 1.165) is 12.8 Å². The first-order valence-corrected chi connectivity index (χ1v) is 20.7. The smallest absolute Gasteiger partial charge is 0.187 e. The Morgan fingerprint density at radius 2 is 1.43 bits per heavy atom. The molecule has 2 heterocycles. The fraction of sp³-hybridized carbons (Fsp3) is 0.902. The average molecular weight is 801 g/mol. The standard InChI is InChI=1S/C41H68O15/c1-19(2)41(52,20(3)53-37-35(50)33(48)31(46)28(17-43)55-37)13-8-21(16-42)30-27(45)15-26-24-7-6-22-14-23(9-11-39(22,4)25(24)10-12-40(26,30)5)54-38-36(51)34(49)32(47)29(18-44)56-38/h7,10,19-23,26-38,42-52H,6,8-9,11-18H2,1-5H3/t20-,21+,22-,23+,26-,27-,28-,29-,30+,31-,32-,33+,34+,35-,36-,37-,38-,39+,40+,41-/m1/s1. The quantitative estimate of drug-likeness (QED) is 0.114. The van der Waals surface area contributed by atoms with Gasteiger partial charge in [-0.15, -0.1) is 0 Å². The van der Waals surface area contributed by atoms with Crippen molar-refractivity contribution in [3.05, 3.63) is 23.3 Å². The molecular weight excluding hydrogens is 732 g/mol. The SMILES string of the molecule is CC(C)[C@](O)(CC[C@@H](CO)[C@H]1[C@H](O)C[C@@H]2C3=CC[C@@H]4C[C@@H](O[C@@H]5O[C@H](CO)[C@@H](O)[C@H](O)[C@H]5O)CC[C@]4(C)C3=CC[C@]12C)[C@@H](C)O[C@@H]1O[C@H](CO)[C@@H](O)[C@H](O)[C@H]1O. The highest BCUT2D eigenvalue weighted by molar-refractivity contribution is 5.46. The van der Waals surface area contributed by atoms with Gasteiger partial charge in [0.1, 0.15) is 48.8 Å². The van der Waals surface area contributed by atoms with Gasteiger partial charge < -0.3 is 75.1 Å². The summed E-state index contributed by atoms with van der Waals surface area (Å²) in [5.41, 5.74) is 0.582. The van der Waals surface area contributed by atoms with Crippen LogP contribution in [0.1, 0.15) is 86.0 Å². The Labute approximate surface area is 329 Å². The van der Waals surface area contributed by atoms with Crippen molar-refractivity contribution < 1.29 is 75.1 Å².